The number of amides is 1. The maximum absolute atomic E-state index is 12.6. The van der Waals surface area contributed by atoms with Gasteiger partial charge in [-0.15, -0.1) is 11.7 Å². The number of benzene rings is 2. The van der Waals surface area contributed by atoms with Gasteiger partial charge in [-0.05, 0) is 30.7 Å². The lowest BCUT2D eigenvalue weighted by Gasteiger charge is -2.13. The molecule has 0 aromatic heterocycles. The number of nitrogens with zero attached hydrogens (tertiary/aromatic N) is 3. The average molecular weight is 372 g/mol. The molecule has 25 heavy (non-hydrogen) atoms. The summed E-state index contributed by atoms with van der Waals surface area (Å²) in [5.74, 6) is -0.188. The third-order valence-corrected chi connectivity index (χ3v) is 4.59. The molecule has 1 amide bonds. The van der Waals surface area contributed by atoms with E-state index in [1.54, 1.807) is 30.0 Å². The van der Waals surface area contributed by atoms with Crippen LogP contribution in [0.2, 0.25) is 10.0 Å². The molecule has 0 saturated carbocycles. The maximum Gasteiger partial charge on any atom is 0.279 e. The Hall–Kier alpha value is -2.43. The molecule has 2 aromatic carbocycles. The highest BCUT2D eigenvalue weighted by Gasteiger charge is 2.33. The Morgan fingerprint density at radius 1 is 1.20 bits per heavy atom. The Balaban J connectivity index is 1.99. The van der Waals surface area contributed by atoms with Crippen LogP contribution in [0.25, 0.3) is 0 Å². The fourth-order valence-corrected chi connectivity index (χ4v) is 2.87. The van der Waals surface area contributed by atoms with E-state index in [9.17, 15) is 4.79 Å². The van der Waals surface area contributed by atoms with Gasteiger partial charge < -0.3 is 4.90 Å². The standard InChI is InChI=1S/C19H15Cl2N3O/c1-3-10-24-17-7-5-4-6-14(17)18(19(24)25)23-22-12(2)13-8-9-15(20)16(21)11-13/h3-9,11H,1,10H2,2H3/b22-12-,23-18-. The number of fused-ring (bicyclic) bond motifs is 1. The molecule has 4 nitrogen and oxygen atoms in total. The Labute approximate surface area is 156 Å². The Kier molecular flexibility index (Phi) is 5.02. The fraction of sp³-hybridized carbons (Fsp3) is 0.105. The van der Waals surface area contributed by atoms with Gasteiger partial charge in [0.25, 0.3) is 5.91 Å². The Morgan fingerprint density at radius 3 is 2.68 bits per heavy atom. The van der Waals surface area contributed by atoms with Gasteiger partial charge in [0.05, 0.1) is 21.4 Å². The molecule has 0 fully saturated rings. The smallest absolute Gasteiger partial charge is 0.279 e. The third kappa shape index (κ3) is 3.36. The van der Waals surface area contributed by atoms with E-state index in [0.29, 0.717) is 28.0 Å². The number of carbonyl (C=O) groups is 1. The van der Waals surface area contributed by atoms with Gasteiger partial charge in [-0.1, -0.05) is 53.5 Å². The Morgan fingerprint density at radius 2 is 1.96 bits per heavy atom. The SMILES string of the molecule is C=CCN1C(=O)/C(=N\N=C(\C)c2ccc(Cl)c(Cl)c2)c2ccccc21. The van der Waals surface area contributed by atoms with Gasteiger partial charge in [0.1, 0.15) is 0 Å². The van der Waals surface area contributed by atoms with Crippen LogP contribution >= 0.6 is 23.2 Å². The molecule has 1 heterocycles. The minimum absolute atomic E-state index is 0.188. The minimum atomic E-state index is -0.188. The summed E-state index contributed by atoms with van der Waals surface area (Å²) in [5, 5.41) is 9.35. The number of para-hydroxylation sites is 1. The van der Waals surface area contributed by atoms with Crippen LogP contribution in [0.1, 0.15) is 18.1 Å². The van der Waals surface area contributed by atoms with Crippen molar-refractivity contribution in [3.63, 3.8) is 0 Å². The van der Waals surface area contributed by atoms with Crippen LogP contribution in [0, 0.1) is 0 Å². The van der Waals surface area contributed by atoms with E-state index >= 15 is 0 Å². The van der Waals surface area contributed by atoms with Crippen LogP contribution in [-0.2, 0) is 4.79 Å². The molecule has 126 valence electrons. The van der Waals surface area contributed by atoms with Crippen molar-refractivity contribution in [2.24, 2.45) is 10.2 Å². The van der Waals surface area contributed by atoms with E-state index in [-0.39, 0.29) is 5.91 Å². The zero-order valence-corrected chi connectivity index (χ0v) is 15.1. The zero-order chi connectivity index (χ0) is 18.0. The van der Waals surface area contributed by atoms with Crippen molar-refractivity contribution in [1.29, 1.82) is 0 Å². The molecule has 6 heteroatoms. The predicted octanol–water partition coefficient (Wildman–Crippen LogP) is 4.74. The van der Waals surface area contributed by atoms with Crippen molar-refractivity contribution in [2.75, 3.05) is 11.4 Å². The topological polar surface area (TPSA) is 45.0 Å². The summed E-state index contributed by atoms with van der Waals surface area (Å²) in [6.07, 6.45) is 1.68. The second kappa shape index (κ2) is 7.21. The average Bonchev–Trinajstić information content (AvgIpc) is 2.87. The van der Waals surface area contributed by atoms with Gasteiger partial charge >= 0.3 is 0 Å². The van der Waals surface area contributed by atoms with Crippen LogP contribution in [0.4, 0.5) is 5.69 Å². The highest BCUT2D eigenvalue weighted by molar-refractivity contribution is 6.54. The van der Waals surface area contributed by atoms with Crippen LogP contribution in [0.5, 0.6) is 0 Å². The molecule has 0 saturated heterocycles. The van der Waals surface area contributed by atoms with Gasteiger partial charge in [0.2, 0.25) is 0 Å². The first-order chi connectivity index (χ1) is 12.0. The van der Waals surface area contributed by atoms with Crippen LogP contribution in [0.3, 0.4) is 0 Å². The van der Waals surface area contributed by atoms with Gasteiger partial charge in [-0.3, -0.25) is 4.79 Å². The summed E-state index contributed by atoms with van der Waals surface area (Å²) in [6, 6.07) is 12.7. The molecular formula is C19H15Cl2N3O. The number of halogens is 2. The van der Waals surface area contributed by atoms with E-state index < -0.39 is 0 Å². The van der Waals surface area contributed by atoms with Crippen molar-refractivity contribution in [3.05, 3.63) is 76.3 Å². The third-order valence-electron chi connectivity index (χ3n) is 3.85. The highest BCUT2D eigenvalue weighted by atomic mass is 35.5. The molecule has 0 bridgehead atoms. The number of hydrogen-bond donors (Lipinski definition) is 0. The van der Waals surface area contributed by atoms with E-state index in [2.05, 4.69) is 16.8 Å². The zero-order valence-electron chi connectivity index (χ0n) is 13.5. The van der Waals surface area contributed by atoms with E-state index in [4.69, 9.17) is 23.2 Å². The van der Waals surface area contributed by atoms with Gasteiger partial charge in [-0.25, -0.2) is 0 Å². The van der Waals surface area contributed by atoms with Crippen LogP contribution in [-0.4, -0.2) is 23.9 Å². The first-order valence-corrected chi connectivity index (χ1v) is 8.38. The fourth-order valence-electron chi connectivity index (χ4n) is 2.57. The van der Waals surface area contributed by atoms with Crippen LogP contribution < -0.4 is 4.90 Å². The first-order valence-electron chi connectivity index (χ1n) is 7.62. The van der Waals surface area contributed by atoms with E-state index in [1.165, 1.54) is 0 Å². The lowest BCUT2D eigenvalue weighted by atomic mass is 10.1. The molecule has 2 aromatic rings. The lowest BCUT2D eigenvalue weighted by molar-refractivity contribution is -0.112. The summed E-state index contributed by atoms with van der Waals surface area (Å²) < 4.78 is 0. The van der Waals surface area contributed by atoms with Crippen molar-refractivity contribution in [2.45, 2.75) is 6.92 Å². The second-order valence-corrected chi connectivity index (χ2v) is 6.30. The maximum atomic E-state index is 12.6. The van der Waals surface area contributed by atoms with Gasteiger partial charge in [-0.2, -0.15) is 5.10 Å². The van der Waals surface area contributed by atoms with Crippen molar-refractivity contribution in [3.8, 4) is 0 Å². The summed E-state index contributed by atoms with van der Waals surface area (Å²) in [4.78, 5) is 14.3. The number of rotatable bonds is 4. The molecule has 0 N–H and O–H groups in total. The largest absolute Gasteiger partial charge is 0.302 e. The molecule has 0 radical (unpaired) electrons. The molecule has 0 atom stereocenters. The number of hydrogen-bond acceptors (Lipinski definition) is 3. The second-order valence-electron chi connectivity index (χ2n) is 5.48. The van der Waals surface area contributed by atoms with E-state index in [0.717, 1.165) is 16.8 Å². The molecule has 1 aliphatic rings. The lowest BCUT2D eigenvalue weighted by Crippen LogP contribution is -2.30. The summed E-state index contributed by atoms with van der Waals surface area (Å²) in [6.45, 7) is 5.92. The molecule has 0 spiro atoms. The molecule has 3 rings (SSSR count). The molecule has 1 aliphatic heterocycles. The summed E-state index contributed by atoms with van der Waals surface area (Å²) in [5.41, 5.74) is 3.32. The number of carbonyl (C=O) groups excluding carboxylic acids is 1. The monoisotopic (exact) mass is 371 g/mol. The van der Waals surface area contributed by atoms with Gasteiger partial charge in [0.15, 0.2) is 5.71 Å². The van der Waals surface area contributed by atoms with Crippen molar-refractivity contribution in [1.82, 2.24) is 0 Å². The van der Waals surface area contributed by atoms with Crippen molar-refractivity contribution >= 4 is 46.2 Å². The predicted molar refractivity (Wildman–Crippen MR) is 104 cm³/mol. The van der Waals surface area contributed by atoms with Gasteiger partial charge in [0, 0.05) is 12.1 Å². The highest BCUT2D eigenvalue weighted by Crippen LogP contribution is 2.29. The summed E-state index contributed by atoms with van der Waals surface area (Å²) in [7, 11) is 0. The van der Waals surface area contributed by atoms with Crippen molar-refractivity contribution < 1.29 is 4.79 Å². The first kappa shape index (κ1) is 17.4. The molecule has 0 aliphatic carbocycles. The Bertz CT molecular complexity index is 919. The molecular weight excluding hydrogens is 357 g/mol. The number of anilines is 1. The van der Waals surface area contributed by atoms with Crippen LogP contribution in [0.15, 0.2) is 65.3 Å². The normalized spacial score (nSPS) is 15.6. The quantitative estimate of drug-likeness (QED) is 0.434. The molecule has 0 unspecified atom stereocenters. The summed E-state index contributed by atoms with van der Waals surface area (Å²) >= 11 is 12.0. The minimum Gasteiger partial charge on any atom is -0.302 e. The van der Waals surface area contributed by atoms with E-state index in [1.807, 2.05) is 30.3 Å².